The van der Waals surface area contributed by atoms with Gasteiger partial charge in [0.05, 0.1) is 21.3 Å². The third kappa shape index (κ3) is 4.49. The molecule has 0 aliphatic carbocycles. The Hall–Kier alpha value is -2.05. The van der Waals surface area contributed by atoms with E-state index in [2.05, 4.69) is 10.0 Å². The molecule has 128 valence electrons. The third-order valence-electron chi connectivity index (χ3n) is 3.33. The summed E-state index contributed by atoms with van der Waals surface area (Å²) >= 11 is 6.12. The zero-order chi connectivity index (χ0) is 17.9. The van der Waals surface area contributed by atoms with Gasteiger partial charge >= 0.3 is 0 Å². The zero-order valence-electron chi connectivity index (χ0n) is 13.6. The molecule has 2 N–H and O–H groups in total. The summed E-state index contributed by atoms with van der Waals surface area (Å²) in [6.07, 6.45) is 0. The Labute approximate surface area is 147 Å². The second kappa shape index (κ2) is 7.23. The number of rotatable bonds is 5. The van der Waals surface area contributed by atoms with E-state index in [1.165, 1.54) is 18.2 Å². The molecule has 7 heteroatoms. The van der Waals surface area contributed by atoms with Gasteiger partial charge in [-0.15, -0.1) is 0 Å². The number of benzene rings is 2. The fourth-order valence-electron chi connectivity index (χ4n) is 1.89. The van der Waals surface area contributed by atoms with E-state index in [0.717, 1.165) is 5.56 Å². The molecular weight excluding hydrogens is 348 g/mol. The first-order valence-corrected chi connectivity index (χ1v) is 9.25. The van der Waals surface area contributed by atoms with Gasteiger partial charge in [0.15, 0.2) is 0 Å². The molecule has 0 atom stereocenters. The number of nitrogens with one attached hydrogen (secondary N) is 2. The van der Waals surface area contributed by atoms with Crippen LogP contribution >= 0.6 is 11.6 Å². The Balaban J connectivity index is 2.20. The molecule has 0 bridgehead atoms. The van der Waals surface area contributed by atoms with E-state index in [-0.39, 0.29) is 21.7 Å². The van der Waals surface area contributed by atoms with Crippen LogP contribution < -0.4 is 10.0 Å². The molecule has 2 aromatic rings. The second-order valence-corrected chi connectivity index (χ2v) is 7.85. The van der Waals surface area contributed by atoms with Crippen LogP contribution in [-0.4, -0.2) is 14.3 Å². The number of sulfonamides is 1. The van der Waals surface area contributed by atoms with Crippen molar-refractivity contribution in [3.05, 3.63) is 53.1 Å². The van der Waals surface area contributed by atoms with Gasteiger partial charge in [0.25, 0.3) is 10.0 Å². The summed E-state index contributed by atoms with van der Waals surface area (Å²) in [6, 6.07) is 11.1. The van der Waals surface area contributed by atoms with Gasteiger partial charge in [-0.3, -0.25) is 9.52 Å². The van der Waals surface area contributed by atoms with Crippen molar-refractivity contribution in [2.45, 2.75) is 25.7 Å². The monoisotopic (exact) mass is 366 g/mol. The molecule has 0 unspecified atom stereocenters. The number of halogens is 1. The predicted molar refractivity (Wildman–Crippen MR) is 96.9 cm³/mol. The maximum Gasteiger partial charge on any atom is 0.261 e. The molecule has 0 aliphatic rings. The van der Waals surface area contributed by atoms with Crippen molar-refractivity contribution in [1.29, 1.82) is 0 Å². The van der Waals surface area contributed by atoms with Crippen LogP contribution in [0, 0.1) is 12.8 Å². The highest BCUT2D eigenvalue weighted by Crippen LogP contribution is 2.27. The Bertz CT molecular complexity index is 847. The van der Waals surface area contributed by atoms with Crippen molar-refractivity contribution in [3.63, 3.8) is 0 Å². The van der Waals surface area contributed by atoms with Crippen LogP contribution in [-0.2, 0) is 14.8 Å². The van der Waals surface area contributed by atoms with Gasteiger partial charge in [0, 0.05) is 5.92 Å². The molecular formula is C17H19ClN2O3S. The molecule has 1 amide bonds. The summed E-state index contributed by atoms with van der Waals surface area (Å²) in [6.45, 7) is 5.42. The van der Waals surface area contributed by atoms with Gasteiger partial charge in [0.1, 0.15) is 0 Å². The van der Waals surface area contributed by atoms with Crippen molar-refractivity contribution >= 4 is 38.9 Å². The molecule has 2 aromatic carbocycles. The van der Waals surface area contributed by atoms with Gasteiger partial charge in [-0.1, -0.05) is 43.1 Å². The number of anilines is 2. The Morgan fingerprint density at radius 2 is 1.71 bits per heavy atom. The summed E-state index contributed by atoms with van der Waals surface area (Å²) in [5.41, 5.74) is 1.74. The molecule has 0 aliphatic heterocycles. The lowest BCUT2D eigenvalue weighted by Gasteiger charge is -2.12. The van der Waals surface area contributed by atoms with E-state index in [9.17, 15) is 13.2 Å². The molecule has 2 rings (SSSR count). The maximum absolute atomic E-state index is 12.4. The number of aryl methyl sites for hydroxylation is 1. The number of hydrogen-bond acceptors (Lipinski definition) is 3. The summed E-state index contributed by atoms with van der Waals surface area (Å²) in [5, 5.41) is 2.95. The SMILES string of the molecule is Cc1ccc(S(=O)(=O)Nc2ccc(NC(=O)C(C)C)c(Cl)c2)cc1. The quantitative estimate of drug-likeness (QED) is 0.838. The van der Waals surface area contributed by atoms with Crippen molar-refractivity contribution < 1.29 is 13.2 Å². The van der Waals surface area contributed by atoms with Gasteiger partial charge in [0.2, 0.25) is 5.91 Å². The van der Waals surface area contributed by atoms with Crippen molar-refractivity contribution in [2.24, 2.45) is 5.92 Å². The lowest BCUT2D eigenvalue weighted by Crippen LogP contribution is -2.18. The highest BCUT2D eigenvalue weighted by Gasteiger charge is 2.15. The molecule has 0 fully saturated rings. The molecule has 0 saturated heterocycles. The minimum Gasteiger partial charge on any atom is -0.325 e. The van der Waals surface area contributed by atoms with E-state index in [1.54, 1.807) is 38.1 Å². The van der Waals surface area contributed by atoms with Crippen LogP contribution in [0.1, 0.15) is 19.4 Å². The summed E-state index contributed by atoms with van der Waals surface area (Å²) in [5.74, 6) is -0.342. The minimum absolute atomic E-state index is 0.162. The van der Waals surface area contributed by atoms with Crippen LogP contribution in [0.5, 0.6) is 0 Å². The van der Waals surface area contributed by atoms with Crippen LogP contribution in [0.15, 0.2) is 47.4 Å². The third-order valence-corrected chi connectivity index (χ3v) is 5.04. The van der Waals surface area contributed by atoms with E-state index >= 15 is 0 Å². The smallest absolute Gasteiger partial charge is 0.261 e. The topological polar surface area (TPSA) is 75.3 Å². The van der Waals surface area contributed by atoms with Crippen molar-refractivity contribution in [2.75, 3.05) is 10.0 Å². The first-order chi connectivity index (χ1) is 11.2. The molecule has 0 saturated carbocycles. The first kappa shape index (κ1) is 18.3. The van der Waals surface area contributed by atoms with Crippen LogP contribution in [0.2, 0.25) is 5.02 Å². The summed E-state index contributed by atoms with van der Waals surface area (Å²) < 4.78 is 27.2. The highest BCUT2D eigenvalue weighted by atomic mass is 35.5. The highest BCUT2D eigenvalue weighted by molar-refractivity contribution is 7.92. The van der Waals surface area contributed by atoms with E-state index in [0.29, 0.717) is 11.4 Å². The summed E-state index contributed by atoms with van der Waals surface area (Å²) in [4.78, 5) is 11.9. The lowest BCUT2D eigenvalue weighted by atomic mass is 10.2. The number of amides is 1. The largest absolute Gasteiger partial charge is 0.325 e. The first-order valence-electron chi connectivity index (χ1n) is 7.39. The van der Waals surface area contributed by atoms with Crippen molar-refractivity contribution in [3.8, 4) is 0 Å². The molecule has 5 nitrogen and oxygen atoms in total. The Morgan fingerprint density at radius 3 is 2.25 bits per heavy atom. The van der Waals surface area contributed by atoms with Gasteiger partial charge in [-0.2, -0.15) is 0 Å². The average molecular weight is 367 g/mol. The van der Waals surface area contributed by atoms with E-state index < -0.39 is 10.0 Å². The van der Waals surface area contributed by atoms with Gasteiger partial charge in [-0.05, 0) is 37.3 Å². The van der Waals surface area contributed by atoms with Crippen LogP contribution in [0.4, 0.5) is 11.4 Å². The number of carbonyl (C=O) groups is 1. The van der Waals surface area contributed by atoms with E-state index in [4.69, 9.17) is 11.6 Å². The van der Waals surface area contributed by atoms with Crippen LogP contribution in [0.25, 0.3) is 0 Å². The number of hydrogen-bond donors (Lipinski definition) is 2. The lowest BCUT2D eigenvalue weighted by molar-refractivity contribution is -0.118. The molecule has 0 spiro atoms. The van der Waals surface area contributed by atoms with Gasteiger partial charge in [-0.25, -0.2) is 8.42 Å². The second-order valence-electron chi connectivity index (χ2n) is 5.76. The fraction of sp³-hybridized carbons (Fsp3) is 0.235. The zero-order valence-corrected chi connectivity index (χ0v) is 15.2. The number of carbonyl (C=O) groups excluding carboxylic acids is 1. The minimum atomic E-state index is -3.69. The molecule has 0 aromatic heterocycles. The van der Waals surface area contributed by atoms with Crippen molar-refractivity contribution in [1.82, 2.24) is 0 Å². The Kier molecular flexibility index (Phi) is 5.51. The standard InChI is InChI=1S/C17H19ClN2O3S/c1-11(2)17(21)19-16-9-6-13(10-15(16)18)20-24(22,23)14-7-4-12(3)5-8-14/h4-11,20H,1-3H3,(H,19,21). The van der Waals surface area contributed by atoms with Crippen LogP contribution in [0.3, 0.4) is 0 Å². The molecule has 0 radical (unpaired) electrons. The molecule has 24 heavy (non-hydrogen) atoms. The Morgan fingerprint density at radius 1 is 1.08 bits per heavy atom. The maximum atomic E-state index is 12.4. The van der Waals surface area contributed by atoms with Gasteiger partial charge < -0.3 is 5.32 Å². The molecule has 0 heterocycles. The predicted octanol–water partition coefficient (Wildman–Crippen LogP) is 4.04. The van der Waals surface area contributed by atoms with E-state index in [1.807, 2.05) is 6.92 Å². The normalized spacial score (nSPS) is 11.4. The average Bonchev–Trinajstić information content (AvgIpc) is 2.50. The summed E-state index contributed by atoms with van der Waals surface area (Å²) in [7, 11) is -3.69. The fourth-order valence-corrected chi connectivity index (χ4v) is 3.17.